The van der Waals surface area contributed by atoms with E-state index in [-0.39, 0.29) is 22.3 Å². The van der Waals surface area contributed by atoms with E-state index >= 15 is 0 Å². The Labute approximate surface area is 181 Å². The molecule has 1 fully saturated rings. The molecule has 1 aromatic carbocycles. The molecule has 0 saturated carbocycles. The van der Waals surface area contributed by atoms with Crippen molar-refractivity contribution in [2.24, 2.45) is 7.05 Å². The van der Waals surface area contributed by atoms with Gasteiger partial charge < -0.3 is 14.6 Å². The summed E-state index contributed by atoms with van der Waals surface area (Å²) in [6, 6.07) is 4.34. The molecule has 1 unspecified atom stereocenters. The van der Waals surface area contributed by atoms with E-state index in [9.17, 15) is 22.8 Å². The van der Waals surface area contributed by atoms with Gasteiger partial charge in [-0.2, -0.15) is 5.10 Å². The minimum absolute atomic E-state index is 0.0380. The summed E-state index contributed by atoms with van der Waals surface area (Å²) in [5.74, 6) is -0.767. The topological polar surface area (TPSA) is 78.2 Å². The van der Waals surface area contributed by atoms with E-state index in [0.29, 0.717) is 25.0 Å². The van der Waals surface area contributed by atoms with Crippen molar-refractivity contribution >= 4 is 16.6 Å². The highest BCUT2D eigenvalue weighted by Crippen LogP contribution is 2.31. The average molecular weight is 448 g/mol. The van der Waals surface area contributed by atoms with Crippen LogP contribution in [0.15, 0.2) is 40.1 Å². The number of halogens is 3. The van der Waals surface area contributed by atoms with E-state index < -0.39 is 34.9 Å². The van der Waals surface area contributed by atoms with Gasteiger partial charge in [0.15, 0.2) is 5.82 Å². The summed E-state index contributed by atoms with van der Waals surface area (Å²) in [5, 5.41) is 7.80. The summed E-state index contributed by atoms with van der Waals surface area (Å²) in [6.45, 7) is 4.36. The Morgan fingerprint density at radius 2 is 1.94 bits per heavy atom. The lowest BCUT2D eigenvalue weighted by Crippen LogP contribution is -2.39. The fourth-order valence-corrected chi connectivity index (χ4v) is 4.05. The average Bonchev–Trinajstić information content (AvgIpc) is 3.18. The molecule has 10 heteroatoms. The number of hydrogen-bond donors (Lipinski definition) is 1. The van der Waals surface area contributed by atoms with Crippen molar-refractivity contribution < 1.29 is 17.9 Å². The standard InChI is InChI=1S/C22H23F3N4O3/c1-12(13-5-4-6-14(18(13)23)19(24)25)26-20-16-10-29(22(2)7-8-32-11-22)17(30)9-15(16)21(31)28(3)27-20/h4-6,9-10,12,19H,7-8,11H2,1-3H3,(H,26,27)/t12-,22?/m1/s1. The SMILES string of the molecule is C[C@@H](Nc1nn(C)c(=O)c2cc(=O)n(C3(C)CCOC3)cc12)c1cccc(C(F)F)c1F. The molecule has 0 spiro atoms. The van der Waals surface area contributed by atoms with Crippen LogP contribution in [0.5, 0.6) is 0 Å². The first-order valence-corrected chi connectivity index (χ1v) is 10.2. The Hall–Kier alpha value is -3.14. The van der Waals surface area contributed by atoms with Gasteiger partial charge in [0.25, 0.3) is 17.5 Å². The number of aryl methyl sites for hydroxylation is 1. The normalized spacial score (nSPS) is 19.6. The van der Waals surface area contributed by atoms with E-state index in [1.54, 1.807) is 13.1 Å². The Morgan fingerprint density at radius 1 is 1.22 bits per heavy atom. The highest BCUT2D eigenvalue weighted by Gasteiger charge is 2.33. The van der Waals surface area contributed by atoms with Crippen LogP contribution in [0.3, 0.4) is 0 Å². The Balaban J connectivity index is 1.84. The molecule has 0 bridgehead atoms. The van der Waals surface area contributed by atoms with Gasteiger partial charge in [0, 0.05) is 36.9 Å². The Morgan fingerprint density at radius 3 is 2.59 bits per heavy atom. The molecule has 2 aromatic heterocycles. The molecule has 0 amide bonds. The zero-order valence-corrected chi connectivity index (χ0v) is 17.9. The van der Waals surface area contributed by atoms with Gasteiger partial charge in [0.1, 0.15) is 5.82 Å². The van der Waals surface area contributed by atoms with Gasteiger partial charge >= 0.3 is 0 Å². The van der Waals surface area contributed by atoms with Gasteiger partial charge in [-0.05, 0) is 20.3 Å². The second kappa shape index (κ2) is 8.09. The molecular formula is C22H23F3N4O3. The number of rotatable bonds is 5. The zero-order chi connectivity index (χ0) is 23.2. The summed E-state index contributed by atoms with van der Waals surface area (Å²) in [6.07, 6.45) is -0.758. The predicted octanol–water partition coefficient (Wildman–Crippen LogP) is 3.48. The highest BCUT2D eigenvalue weighted by atomic mass is 19.3. The smallest absolute Gasteiger partial charge is 0.274 e. The van der Waals surface area contributed by atoms with Crippen LogP contribution >= 0.6 is 0 Å². The maximum absolute atomic E-state index is 14.7. The quantitative estimate of drug-likeness (QED) is 0.647. The van der Waals surface area contributed by atoms with Gasteiger partial charge in [-0.1, -0.05) is 18.2 Å². The lowest BCUT2D eigenvalue weighted by Gasteiger charge is -2.26. The van der Waals surface area contributed by atoms with Crippen molar-refractivity contribution in [1.29, 1.82) is 0 Å². The summed E-state index contributed by atoms with van der Waals surface area (Å²) in [4.78, 5) is 25.4. The van der Waals surface area contributed by atoms with Crippen LogP contribution < -0.4 is 16.4 Å². The maximum Gasteiger partial charge on any atom is 0.274 e. The number of hydrogen-bond acceptors (Lipinski definition) is 5. The van der Waals surface area contributed by atoms with E-state index in [1.807, 2.05) is 6.92 Å². The van der Waals surface area contributed by atoms with Crippen LogP contribution in [-0.2, 0) is 17.3 Å². The molecule has 3 aromatic rings. The number of anilines is 1. The Kier molecular flexibility index (Phi) is 5.58. The van der Waals surface area contributed by atoms with E-state index in [2.05, 4.69) is 10.4 Å². The first-order valence-electron chi connectivity index (χ1n) is 10.2. The van der Waals surface area contributed by atoms with Crippen molar-refractivity contribution in [2.45, 2.75) is 38.3 Å². The summed E-state index contributed by atoms with van der Waals surface area (Å²) in [7, 11) is 1.44. The first-order chi connectivity index (χ1) is 15.1. The molecule has 0 aliphatic carbocycles. The zero-order valence-electron chi connectivity index (χ0n) is 17.9. The first kappa shape index (κ1) is 22.1. The largest absolute Gasteiger partial charge is 0.379 e. The fraction of sp³-hybridized carbons (Fsp3) is 0.409. The molecule has 3 heterocycles. The maximum atomic E-state index is 14.7. The van der Waals surface area contributed by atoms with Crippen LogP contribution in [0.2, 0.25) is 0 Å². The highest BCUT2D eigenvalue weighted by molar-refractivity contribution is 5.90. The summed E-state index contributed by atoms with van der Waals surface area (Å²) < 4.78 is 48.9. The number of benzene rings is 1. The Bertz CT molecular complexity index is 1300. The molecule has 7 nitrogen and oxygen atoms in total. The number of alkyl halides is 2. The second-order valence-electron chi connectivity index (χ2n) is 8.30. The van der Waals surface area contributed by atoms with Gasteiger partial charge in [0.05, 0.1) is 29.1 Å². The van der Waals surface area contributed by atoms with Gasteiger partial charge in [-0.15, -0.1) is 0 Å². The van der Waals surface area contributed by atoms with Gasteiger partial charge in [-0.3, -0.25) is 9.59 Å². The predicted molar refractivity (Wildman–Crippen MR) is 114 cm³/mol. The lowest BCUT2D eigenvalue weighted by molar-refractivity contribution is 0.146. The molecule has 1 aliphatic heterocycles. The number of nitrogens with zero attached hydrogens (tertiary/aromatic N) is 3. The minimum Gasteiger partial charge on any atom is -0.379 e. The minimum atomic E-state index is -2.94. The molecule has 1 aliphatic rings. The van der Waals surface area contributed by atoms with Crippen molar-refractivity contribution in [1.82, 2.24) is 14.3 Å². The van der Waals surface area contributed by atoms with Crippen molar-refractivity contribution in [3.8, 4) is 0 Å². The number of ether oxygens (including phenoxy) is 1. The third-order valence-corrected chi connectivity index (χ3v) is 5.98. The third kappa shape index (κ3) is 3.68. The van der Waals surface area contributed by atoms with Gasteiger partial charge in [-0.25, -0.2) is 17.9 Å². The van der Waals surface area contributed by atoms with Crippen molar-refractivity contribution in [3.63, 3.8) is 0 Å². The molecule has 32 heavy (non-hydrogen) atoms. The molecule has 1 N–H and O–H groups in total. The monoisotopic (exact) mass is 448 g/mol. The van der Waals surface area contributed by atoms with Crippen LogP contribution in [-0.4, -0.2) is 27.6 Å². The van der Waals surface area contributed by atoms with Crippen LogP contribution in [0.4, 0.5) is 19.0 Å². The lowest BCUT2D eigenvalue weighted by atomic mass is 10.0. The number of pyridine rings is 1. The van der Waals surface area contributed by atoms with Crippen LogP contribution in [0.25, 0.3) is 10.8 Å². The molecule has 2 atom stereocenters. The van der Waals surface area contributed by atoms with Crippen molar-refractivity contribution in [2.75, 3.05) is 18.5 Å². The molecule has 170 valence electrons. The number of fused-ring (bicyclic) bond motifs is 1. The number of aromatic nitrogens is 3. The summed E-state index contributed by atoms with van der Waals surface area (Å²) >= 11 is 0. The number of nitrogens with one attached hydrogen (secondary N) is 1. The fourth-order valence-electron chi connectivity index (χ4n) is 4.05. The summed E-state index contributed by atoms with van der Waals surface area (Å²) in [5.41, 5.74) is -2.02. The molecular weight excluding hydrogens is 425 g/mol. The van der Waals surface area contributed by atoms with Gasteiger partial charge in [0.2, 0.25) is 0 Å². The molecule has 0 radical (unpaired) electrons. The van der Waals surface area contributed by atoms with Crippen LogP contribution in [0, 0.1) is 5.82 Å². The van der Waals surface area contributed by atoms with Crippen LogP contribution in [0.1, 0.15) is 43.9 Å². The van der Waals surface area contributed by atoms with E-state index in [0.717, 1.165) is 10.7 Å². The van der Waals surface area contributed by atoms with E-state index in [1.165, 1.54) is 29.8 Å². The second-order valence-corrected chi connectivity index (χ2v) is 8.30. The molecule has 1 saturated heterocycles. The van der Waals surface area contributed by atoms with E-state index in [4.69, 9.17) is 4.74 Å². The molecule has 4 rings (SSSR count). The van der Waals surface area contributed by atoms with Crippen molar-refractivity contribution in [3.05, 3.63) is 68.1 Å². The third-order valence-electron chi connectivity index (χ3n) is 5.98.